The van der Waals surface area contributed by atoms with Crippen LogP contribution in [0.1, 0.15) is 16.8 Å². The molecule has 114 valence electrons. The van der Waals surface area contributed by atoms with Crippen LogP contribution in [0.5, 0.6) is 0 Å². The topological polar surface area (TPSA) is 130 Å². The first-order valence-corrected chi connectivity index (χ1v) is 7.61. The van der Waals surface area contributed by atoms with Crippen molar-refractivity contribution in [2.45, 2.75) is 17.4 Å². The number of carbonyl (C=O) groups is 2. The zero-order chi connectivity index (χ0) is 15.8. The number of aromatic carboxylic acids is 1. The van der Waals surface area contributed by atoms with Crippen molar-refractivity contribution < 1.29 is 23.1 Å². The van der Waals surface area contributed by atoms with Crippen LogP contribution in [0, 0.1) is 0 Å². The lowest BCUT2D eigenvalue weighted by atomic mass is 10.2. The van der Waals surface area contributed by atoms with Crippen molar-refractivity contribution in [3.8, 4) is 0 Å². The van der Waals surface area contributed by atoms with Gasteiger partial charge in [0.05, 0.1) is 10.5 Å². The van der Waals surface area contributed by atoms with Crippen LogP contribution in [-0.4, -0.2) is 49.9 Å². The highest BCUT2D eigenvalue weighted by atomic mass is 32.2. The molecule has 0 radical (unpaired) electrons. The number of nitrogens with two attached hydrogens (primary N) is 1. The molecule has 2 rings (SSSR count). The summed E-state index contributed by atoms with van der Waals surface area (Å²) in [6, 6.07) is 2.60. The number of nitrogens with zero attached hydrogens (tertiary/aromatic N) is 1. The first-order valence-electron chi connectivity index (χ1n) is 6.12. The zero-order valence-electron chi connectivity index (χ0n) is 11.2. The minimum absolute atomic E-state index is 0.142. The molecule has 1 heterocycles. The van der Waals surface area contributed by atoms with E-state index in [1.807, 2.05) is 0 Å². The van der Waals surface area contributed by atoms with E-state index >= 15 is 0 Å². The number of rotatable bonds is 4. The molecule has 21 heavy (non-hydrogen) atoms. The molecule has 1 aromatic carbocycles. The summed E-state index contributed by atoms with van der Waals surface area (Å²) in [5.41, 5.74) is 5.19. The Morgan fingerprint density at radius 1 is 1.48 bits per heavy atom. The van der Waals surface area contributed by atoms with Crippen LogP contribution < -0.4 is 10.5 Å². The molecule has 8 nitrogen and oxygen atoms in total. The number of anilines is 1. The molecule has 1 unspecified atom stereocenters. The van der Waals surface area contributed by atoms with Gasteiger partial charge in [0.15, 0.2) is 0 Å². The largest absolute Gasteiger partial charge is 0.478 e. The number of carboxylic acid groups (broad SMARTS) is 1. The lowest BCUT2D eigenvalue weighted by molar-refractivity contribution is -0.127. The summed E-state index contributed by atoms with van der Waals surface area (Å²) in [6.45, 7) is 0.444. The number of likely N-dealkylation sites (N-methyl/N-ethyl adjacent to an activating group) is 1. The normalized spacial score (nSPS) is 19.0. The van der Waals surface area contributed by atoms with Crippen molar-refractivity contribution in [2.24, 2.45) is 0 Å². The molecule has 1 aliphatic rings. The average molecular weight is 313 g/mol. The quantitative estimate of drug-likeness (QED) is 0.641. The fraction of sp³-hybridized carbons (Fsp3) is 0.333. The van der Waals surface area contributed by atoms with Gasteiger partial charge in [0, 0.05) is 19.3 Å². The highest BCUT2D eigenvalue weighted by Gasteiger charge is 2.34. The Morgan fingerprint density at radius 3 is 2.67 bits per heavy atom. The second kappa shape index (κ2) is 5.34. The second-order valence-electron chi connectivity index (χ2n) is 4.78. The average Bonchev–Trinajstić information content (AvgIpc) is 2.70. The Hall–Kier alpha value is -2.13. The number of sulfonamides is 1. The predicted molar refractivity (Wildman–Crippen MR) is 74.2 cm³/mol. The Bertz CT molecular complexity index is 701. The maximum absolute atomic E-state index is 12.3. The summed E-state index contributed by atoms with van der Waals surface area (Å²) in [5, 5.41) is 9.09. The third-order valence-corrected chi connectivity index (χ3v) is 4.78. The van der Waals surface area contributed by atoms with Crippen LogP contribution in [0.4, 0.5) is 5.69 Å². The van der Waals surface area contributed by atoms with Gasteiger partial charge in [0.2, 0.25) is 15.9 Å². The van der Waals surface area contributed by atoms with E-state index in [0.717, 1.165) is 12.1 Å². The van der Waals surface area contributed by atoms with E-state index in [1.54, 1.807) is 7.05 Å². The van der Waals surface area contributed by atoms with Gasteiger partial charge in [-0.25, -0.2) is 13.2 Å². The minimum atomic E-state index is -4.13. The van der Waals surface area contributed by atoms with E-state index in [4.69, 9.17) is 10.8 Å². The van der Waals surface area contributed by atoms with E-state index in [2.05, 4.69) is 4.72 Å². The van der Waals surface area contributed by atoms with E-state index < -0.39 is 32.5 Å². The molecular formula is C12H15N3O5S. The maximum atomic E-state index is 12.3. The minimum Gasteiger partial charge on any atom is -0.478 e. The first-order chi connectivity index (χ1) is 9.72. The molecular weight excluding hydrogens is 298 g/mol. The fourth-order valence-corrected chi connectivity index (χ4v) is 3.53. The highest BCUT2D eigenvalue weighted by Crippen LogP contribution is 2.20. The summed E-state index contributed by atoms with van der Waals surface area (Å²) in [4.78, 5) is 23.9. The van der Waals surface area contributed by atoms with Gasteiger partial charge in [0.1, 0.15) is 6.04 Å². The van der Waals surface area contributed by atoms with E-state index in [1.165, 1.54) is 11.0 Å². The van der Waals surface area contributed by atoms with Crippen molar-refractivity contribution in [1.82, 2.24) is 9.62 Å². The number of carbonyl (C=O) groups excluding carboxylic acids is 1. The Morgan fingerprint density at radius 2 is 2.14 bits per heavy atom. The SMILES string of the molecule is CN1CCC(NS(=O)(=O)c2ccc(N)cc2C(=O)O)C1=O. The van der Waals surface area contributed by atoms with Crippen molar-refractivity contribution in [3.63, 3.8) is 0 Å². The van der Waals surface area contributed by atoms with Crippen molar-refractivity contribution in [2.75, 3.05) is 19.3 Å². The van der Waals surface area contributed by atoms with Crippen molar-refractivity contribution >= 4 is 27.6 Å². The van der Waals surface area contributed by atoms with Gasteiger partial charge < -0.3 is 15.7 Å². The number of amides is 1. The van der Waals surface area contributed by atoms with Gasteiger partial charge in [-0.1, -0.05) is 0 Å². The number of hydrogen-bond donors (Lipinski definition) is 3. The van der Waals surface area contributed by atoms with Crippen LogP contribution >= 0.6 is 0 Å². The summed E-state index contributed by atoms with van der Waals surface area (Å²) < 4.78 is 26.8. The number of hydrogen-bond acceptors (Lipinski definition) is 5. The number of benzene rings is 1. The van der Waals surface area contributed by atoms with Crippen LogP contribution in [0.2, 0.25) is 0 Å². The molecule has 0 bridgehead atoms. The Balaban J connectivity index is 2.36. The molecule has 1 saturated heterocycles. The molecule has 1 aromatic rings. The second-order valence-corrected chi connectivity index (χ2v) is 6.47. The predicted octanol–water partition coefficient (Wildman–Crippen LogP) is -0.524. The molecule has 1 fully saturated rings. The van der Waals surface area contributed by atoms with Crippen molar-refractivity contribution in [3.05, 3.63) is 23.8 Å². The summed E-state index contributed by atoms with van der Waals surface area (Å²) in [5.74, 6) is -1.75. The molecule has 4 N–H and O–H groups in total. The zero-order valence-corrected chi connectivity index (χ0v) is 12.1. The number of nitrogen functional groups attached to an aromatic ring is 1. The monoisotopic (exact) mass is 313 g/mol. The molecule has 1 atom stereocenters. The van der Waals surface area contributed by atoms with Gasteiger partial charge in [-0.15, -0.1) is 0 Å². The number of likely N-dealkylation sites (tertiary alicyclic amines) is 1. The van der Waals surface area contributed by atoms with Crippen molar-refractivity contribution in [1.29, 1.82) is 0 Å². The lowest BCUT2D eigenvalue weighted by Crippen LogP contribution is -2.40. The smallest absolute Gasteiger partial charge is 0.337 e. The van der Waals surface area contributed by atoms with Gasteiger partial charge in [-0.05, 0) is 24.6 Å². The number of nitrogens with one attached hydrogen (secondary N) is 1. The van der Waals surface area contributed by atoms with Gasteiger partial charge in [-0.2, -0.15) is 4.72 Å². The molecule has 0 saturated carbocycles. The molecule has 0 aliphatic carbocycles. The van der Waals surface area contributed by atoms with E-state index in [-0.39, 0.29) is 11.6 Å². The van der Waals surface area contributed by atoms with Crippen LogP contribution in [0.25, 0.3) is 0 Å². The summed E-state index contributed by atoms with van der Waals surface area (Å²) >= 11 is 0. The van der Waals surface area contributed by atoms with Gasteiger partial charge in [0.25, 0.3) is 0 Å². The van der Waals surface area contributed by atoms with Crippen LogP contribution in [0.3, 0.4) is 0 Å². The highest BCUT2D eigenvalue weighted by molar-refractivity contribution is 7.89. The molecule has 9 heteroatoms. The number of carboxylic acids is 1. The molecule has 0 aromatic heterocycles. The fourth-order valence-electron chi connectivity index (χ4n) is 2.13. The Kier molecular flexibility index (Phi) is 3.88. The maximum Gasteiger partial charge on any atom is 0.337 e. The third-order valence-electron chi connectivity index (χ3n) is 3.25. The lowest BCUT2D eigenvalue weighted by Gasteiger charge is -2.14. The third kappa shape index (κ3) is 2.98. The standard InChI is InChI=1S/C12H15N3O5S/c1-15-5-4-9(11(15)16)14-21(19,20)10-3-2-7(13)6-8(10)12(17)18/h2-3,6,9,14H,4-5,13H2,1H3,(H,17,18). The molecule has 1 aliphatic heterocycles. The Labute approximate surface area is 121 Å². The van der Waals surface area contributed by atoms with Crippen LogP contribution in [0.15, 0.2) is 23.1 Å². The first kappa shape index (κ1) is 15.3. The molecule has 1 amide bonds. The van der Waals surface area contributed by atoms with Crippen LogP contribution in [-0.2, 0) is 14.8 Å². The van der Waals surface area contributed by atoms with E-state index in [0.29, 0.717) is 13.0 Å². The van der Waals surface area contributed by atoms with Gasteiger partial charge in [-0.3, -0.25) is 4.79 Å². The van der Waals surface area contributed by atoms with E-state index in [9.17, 15) is 18.0 Å². The summed E-state index contributed by atoms with van der Waals surface area (Å²) in [6.07, 6.45) is 0.339. The summed E-state index contributed by atoms with van der Waals surface area (Å²) in [7, 11) is -2.55. The molecule has 0 spiro atoms. The van der Waals surface area contributed by atoms with Gasteiger partial charge >= 0.3 is 5.97 Å².